The SMILES string of the molecule is CC(C)c1ccc(C(F)(F)F)c(C(C)C)c1C(C)C. The highest BCUT2D eigenvalue weighted by molar-refractivity contribution is 5.47. The van der Waals surface area contributed by atoms with Crippen LogP contribution in [0.15, 0.2) is 12.1 Å². The number of alkyl halides is 3. The average Bonchev–Trinajstić information content (AvgIpc) is 2.25. The van der Waals surface area contributed by atoms with E-state index in [1.54, 1.807) is 6.07 Å². The molecule has 0 N–H and O–H groups in total. The number of halogens is 3. The van der Waals surface area contributed by atoms with Gasteiger partial charge in [-0.15, -0.1) is 0 Å². The Morgan fingerprint density at radius 2 is 1.21 bits per heavy atom. The summed E-state index contributed by atoms with van der Waals surface area (Å²) < 4.78 is 39.6. The van der Waals surface area contributed by atoms with E-state index in [1.165, 1.54) is 6.07 Å². The first kappa shape index (κ1) is 16.1. The van der Waals surface area contributed by atoms with Gasteiger partial charge in [-0.05, 0) is 40.5 Å². The van der Waals surface area contributed by atoms with E-state index in [0.29, 0.717) is 5.56 Å². The lowest BCUT2D eigenvalue weighted by Crippen LogP contribution is -2.15. The van der Waals surface area contributed by atoms with Crippen LogP contribution < -0.4 is 0 Å². The van der Waals surface area contributed by atoms with Crippen LogP contribution in [0.25, 0.3) is 0 Å². The summed E-state index contributed by atoms with van der Waals surface area (Å²) in [5.74, 6) is 0.196. The first-order valence-electron chi connectivity index (χ1n) is 6.81. The van der Waals surface area contributed by atoms with Crippen LogP contribution in [-0.2, 0) is 6.18 Å². The maximum absolute atomic E-state index is 13.2. The lowest BCUT2D eigenvalue weighted by atomic mass is 9.80. The van der Waals surface area contributed by atoms with Crippen LogP contribution >= 0.6 is 0 Å². The van der Waals surface area contributed by atoms with E-state index >= 15 is 0 Å². The van der Waals surface area contributed by atoms with Crippen LogP contribution in [0, 0.1) is 0 Å². The predicted molar refractivity (Wildman–Crippen MR) is 73.7 cm³/mol. The van der Waals surface area contributed by atoms with Crippen molar-refractivity contribution in [1.29, 1.82) is 0 Å². The molecular formula is C16H23F3. The van der Waals surface area contributed by atoms with E-state index in [0.717, 1.165) is 11.1 Å². The fourth-order valence-electron chi connectivity index (χ4n) is 2.67. The van der Waals surface area contributed by atoms with Crippen molar-refractivity contribution in [2.45, 2.75) is 65.5 Å². The summed E-state index contributed by atoms with van der Waals surface area (Å²) in [6.07, 6.45) is -4.28. The largest absolute Gasteiger partial charge is 0.416 e. The molecule has 1 aromatic rings. The van der Waals surface area contributed by atoms with E-state index < -0.39 is 11.7 Å². The zero-order valence-corrected chi connectivity index (χ0v) is 12.5. The number of benzene rings is 1. The summed E-state index contributed by atoms with van der Waals surface area (Å²) in [6, 6.07) is 2.89. The van der Waals surface area contributed by atoms with E-state index in [2.05, 4.69) is 0 Å². The predicted octanol–water partition coefficient (Wildman–Crippen LogP) is 6.08. The normalized spacial score (nSPS) is 12.8. The summed E-state index contributed by atoms with van der Waals surface area (Å²) >= 11 is 0. The van der Waals surface area contributed by atoms with Crippen LogP contribution in [-0.4, -0.2) is 0 Å². The molecule has 1 rings (SSSR count). The Labute approximate surface area is 114 Å². The van der Waals surface area contributed by atoms with Crippen LogP contribution in [0.4, 0.5) is 13.2 Å². The third-order valence-corrected chi connectivity index (χ3v) is 3.40. The molecule has 0 aromatic heterocycles. The highest BCUT2D eigenvalue weighted by Gasteiger charge is 2.36. The molecule has 108 valence electrons. The lowest BCUT2D eigenvalue weighted by Gasteiger charge is -2.26. The molecule has 0 heterocycles. The zero-order valence-electron chi connectivity index (χ0n) is 12.5. The Hall–Kier alpha value is -0.990. The molecule has 0 saturated heterocycles. The summed E-state index contributed by atoms with van der Waals surface area (Å²) in [5.41, 5.74) is 1.90. The molecule has 0 unspecified atom stereocenters. The molecule has 1 aromatic carbocycles. The van der Waals surface area contributed by atoms with Crippen molar-refractivity contribution in [3.05, 3.63) is 34.4 Å². The quantitative estimate of drug-likeness (QED) is 0.626. The van der Waals surface area contributed by atoms with Gasteiger partial charge in [0.2, 0.25) is 0 Å². The third-order valence-electron chi connectivity index (χ3n) is 3.40. The van der Waals surface area contributed by atoms with Gasteiger partial charge in [0.25, 0.3) is 0 Å². The Kier molecular flexibility index (Phi) is 4.70. The number of hydrogen-bond acceptors (Lipinski definition) is 0. The van der Waals surface area contributed by atoms with Gasteiger partial charge < -0.3 is 0 Å². The van der Waals surface area contributed by atoms with Crippen molar-refractivity contribution >= 4 is 0 Å². The van der Waals surface area contributed by atoms with E-state index in [1.807, 2.05) is 41.5 Å². The third kappa shape index (κ3) is 3.31. The summed E-state index contributed by atoms with van der Waals surface area (Å²) in [6.45, 7) is 11.7. The second kappa shape index (κ2) is 5.56. The first-order chi connectivity index (χ1) is 8.57. The molecule has 0 nitrogen and oxygen atoms in total. The number of rotatable bonds is 3. The molecule has 0 amide bonds. The minimum Gasteiger partial charge on any atom is -0.166 e. The Morgan fingerprint density at radius 1 is 0.737 bits per heavy atom. The highest BCUT2D eigenvalue weighted by atomic mass is 19.4. The van der Waals surface area contributed by atoms with E-state index in [-0.39, 0.29) is 17.8 Å². The standard InChI is InChI=1S/C16H23F3/c1-9(2)12-7-8-13(16(17,18)19)15(11(5)6)14(12)10(3)4/h7-11H,1-6H3. The van der Waals surface area contributed by atoms with Crippen molar-refractivity contribution in [2.24, 2.45) is 0 Å². The monoisotopic (exact) mass is 272 g/mol. The summed E-state index contributed by atoms with van der Waals surface area (Å²) in [5, 5.41) is 0. The molecule has 0 aliphatic heterocycles. The molecule has 0 aliphatic rings. The number of hydrogen-bond donors (Lipinski definition) is 0. The van der Waals surface area contributed by atoms with Gasteiger partial charge in [-0.25, -0.2) is 0 Å². The molecule has 0 aliphatic carbocycles. The second-order valence-electron chi connectivity index (χ2n) is 5.99. The Balaban J connectivity index is 3.69. The van der Waals surface area contributed by atoms with Crippen LogP contribution in [0.3, 0.4) is 0 Å². The van der Waals surface area contributed by atoms with Gasteiger partial charge in [-0.2, -0.15) is 13.2 Å². The van der Waals surface area contributed by atoms with Crippen LogP contribution in [0.5, 0.6) is 0 Å². The van der Waals surface area contributed by atoms with Crippen molar-refractivity contribution in [3.8, 4) is 0 Å². The van der Waals surface area contributed by atoms with Crippen LogP contribution in [0.1, 0.15) is 81.5 Å². The van der Waals surface area contributed by atoms with Crippen molar-refractivity contribution in [3.63, 3.8) is 0 Å². The zero-order chi connectivity index (χ0) is 15.0. The molecule has 0 fully saturated rings. The van der Waals surface area contributed by atoms with Gasteiger partial charge in [0.15, 0.2) is 0 Å². The molecule has 0 spiro atoms. The smallest absolute Gasteiger partial charge is 0.166 e. The Bertz CT molecular complexity index is 440. The van der Waals surface area contributed by atoms with Gasteiger partial charge in [0.1, 0.15) is 0 Å². The van der Waals surface area contributed by atoms with Gasteiger partial charge in [-0.1, -0.05) is 47.6 Å². The van der Waals surface area contributed by atoms with Crippen molar-refractivity contribution < 1.29 is 13.2 Å². The van der Waals surface area contributed by atoms with Gasteiger partial charge in [0.05, 0.1) is 5.56 Å². The average molecular weight is 272 g/mol. The topological polar surface area (TPSA) is 0 Å². The molecule has 0 bridgehead atoms. The highest BCUT2D eigenvalue weighted by Crippen LogP contribution is 2.41. The summed E-state index contributed by atoms with van der Waals surface area (Å²) in [7, 11) is 0. The molecule has 0 saturated carbocycles. The maximum Gasteiger partial charge on any atom is 0.416 e. The molecule has 0 atom stereocenters. The minimum atomic E-state index is -4.28. The van der Waals surface area contributed by atoms with Gasteiger partial charge >= 0.3 is 6.18 Å². The van der Waals surface area contributed by atoms with E-state index in [4.69, 9.17) is 0 Å². The second-order valence-corrected chi connectivity index (χ2v) is 5.99. The van der Waals surface area contributed by atoms with Gasteiger partial charge in [-0.3, -0.25) is 0 Å². The molecule has 0 radical (unpaired) electrons. The minimum absolute atomic E-state index is 0.0945. The summed E-state index contributed by atoms with van der Waals surface area (Å²) in [4.78, 5) is 0. The Morgan fingerprint density at radius 3 is 1.53 bits per heavy atom. The van der Waals surface area contributed by atoms with Crippen molar-refractivity contribution in [1.82, 2.24) is 0 Å². The lowest BCUT2D eigenvalue weighted by molar-refractivity contribution is -0.138. The molecule has 3 heteroatoms. The fraction of sp³-hybridized carbons (Fsp3) is 0.625. The van der Waals surface area contributed by atoms with Crippen LogP contribution in [0.2, 0.25) is 0 Å². The first-order valence-corrected chi connectivity index (χ1v) is 6.81. The maximum atomic E-state index is 13.2. The molecule has 19 heavy (non-hydrogen) atoms. The molecular weight excluding hydrogens is 249 g/mol. The fourth-order valence-corrected chi connectivity index (χ4v) is 2.67. The van der Waals surface area contributed by atoms with E-state index in [9.17, 15) is 13.2 Å². The van der Waals surface area contributed by atoms with Crippen molar-refractivity contribution in [2.75, 3.05) is 0 Å². The van der Waals surface area contributed by atoms with Gasteiger partial charge in [0, 0.05) is 0 Å².